The monoisotopic (exact) mass is 493 g/mol. The first-order chi connectivity index (χ1) is 15.6. The molecule has 2 fully saturated rings. The zero-order chi connectivity index (χ0) is 25.3. The Hall–Kier alpha value is -3.52. The topological polar surface area (TPSA) is 96.2 Å². The summed E-state index contributed by atoms with van der Waals surface area (Å²) in [7, 11) is 0. The molecule has 2 aromatic rings. The van der Waals surface area contributed by atoms with Gasteiger partial charge in [0.15, 0.2) is 5.54 Å². The van der Waals surface area contributed by atoms with Crippen LogP contribution in [0.25, 0.3) is 5.52 Å². The lowest BCUT2D eigenvalue weighted by Gasteiger charge is -2.51. The lowest BCUT2D eigenvalue weighted by molar-refractivity contribution is -0.247. The standard InChI is InChI=1S/C19H17F6N5O4/c1-16(2)8-28(12-6-10(18(20,21)22)5-11-7-26-9-29(11)12)4-3-17(16)13(31)27-15(33)30(17)34-14(32)19(23,24)25/h5-7,9H,3-4,8H2,1-2H3,(H,27,31,33). The number of hydrogen-bond acceptors (Lipinski definition) is 6. The van der Waals surface area contributed by atoms with Crippen LogP contribution in [0.3, 0.4) is 0 Å². The van der Waals surface area contributed by atoms with E-state index in [9.17, 15) is 40.7 Å². The van der Waals surface area contributed by atoms with Crippen molar-refractivity contribution in [3.63, 3.8) is 0 Å². The van der Waals surface area contributed by atoms with E-state index in [0.29, 0.717) is 0 Å². The molecule has 1 atom stereocenters. The molecule has 2 aliphatic rings. The fraction of sp³-hybridized carbons (Fsp3) is 0.474. The van der Waals surface area contributed by atoms with Gasteiger partial charge in [0.25, 0.3) is 5.91 Å². The number of hydrogen-bond donors (Lipinski definition) is 1. The van der Waals surface area contributed by atoms with Gasteiger partial charge in [0.05, 0.1) is 17.3 Å². The summed E-state index contributed by atoms with van der Waals surface area (Å²) >= 11 is 0. The molecule has 34 heavy (non-hydrogen) atoms. The molecule has 3 amide bonds. The van der Waals surface area contributed by atoms with E-state index in [2.05, 4.69) is 9.82 Å². The maximum Gasteiger partial charge on any atom is 0.493 e. The SMILES string of the molecule is CC1(C)CN(c2cc(C(F)(F)F)cc3cncn23)CCC12C(=O)NC(=O)N2OC(=O)C(F)(F)F. The van der Waals surface area contributed by atoms with Crippen LogP contribution in [-0.4, -0.2) is 57.2 Å². The van der Waals surface area contributed by atoms with Gasteiger partial charge in [0.2, 0.25) is 0 Å². The molecule has 2 saturated heterocycles. The number of rotatable bonds is 2. The van der Waals surface area contributed by atoms with Crippen LogP contribution in [-0.2, 0) is 20.6 Å². The Labute approximate surface area is 187 Å². The number of pyridine rings is 1. The average molecular weight is 493 g/mol. The minimum atomic E-state index is -5.43. The summed E-state index contributed by atoms with van der Waals surface area (Å²) in [6, 6.07) is 0.457. The van der Waals surface area contributed by atoms with Crippen LogP contribution in [0, 0.1) is 5.41 Å². The normalized spacial score (nSPS) is 23.1. The number of imide groups is 1. The third-order valence-electron chi connectivity index (χ3n) is 6.14. The highest BCUT2D eigenvalue weighted by Crippen LogP contribution is 2.47. The molecular formula is C19H17F6N5O4. The third-order valence-corrected chi connectivity index (χ3v) is 6.14. The van der Waals surface area contributed by atoms with Crippen molar-refractivity contribution in [3.8, 4) is 0 Å². The van der Waals surface area contributed by atoms with E-state index < -0.39 is 46.8 Å². The minimum Gasteiger partial charge on any atom is -0.357 e. The van der Waals surface area contributed by atoms with E-state index in [4.69, 9.17) is 0 Å². The molecule has 0 radical (unpaired) electrons. The number of nitrogens with zero attached hydrogens (tertiary/aromatic N) is 4. The maximum atomic E-state index is 13.4. The van der Waals surface area contributed by atoms with Gasteiger partial charge in [-0.3, -0.25) is 14.5 Å². The van der Waals surface area contributed by atoms with E-state index in [0.717, 1.165) is 12.1 Å². The van der Waals surface area contributed by atoms with Gasteiger partial charge in [0.1, 0.15) is 12.1 Å². The zero-order valence-electron chi connectivity index (χ0n) is 17.6. The van der Waals surface area contributed by atoms with Crippen molar-refractivity contribution >= 4 is 29.2 Å². The second kappa shape index (κ2) is 7.24. The number of carbonyl (C=O) groups is 3. The number of nitrogens with one attached hydrogen (secondary N) is 1. The van der Waals surface area contributed by atoms with Gasteiger partial charge >= 0.3 is 24.4 Å². The number of anilines is 1. The van der Waals surface area contributed by atoms with Gasteiger partial charge in [0, 0.05) is 24.9 Å². The second-order valence-corrected chi connectivity index (χ2v) is 8.63. The predicted octanol–water partition coefficient (Wildman–Crippen LogP) is 2.90. The van der Waals surface area contributed by atoms with Crippen LogP contribution in [0.15, 0.2) is 24.7 Å². The number of halogens is 6. The Morgan fingerprint density at radius 3 is 2.41 bits per heavy atom. The van der Waals surface area contributed by atoms with Crippen molar-refractivity contribution in [2.24, 2.45) is 5.41 Å². The molecule has 1 N–H and O–H groups in total. The van der Waals surface area contributed by atoms with E-state index in [-0.39, 0.29) is 35.9 Å². The van der Waals surface area contributed by atoms with Crippen molar-refractivity contribution in [2.75, 3.05) is 18.0 Å². The summed E-state index contributed by atoms with van der Waals surface area (Å²) in [5.74, 6) is -3.59. The van der Waals surface area contributed by atoms with E-state index >= 15 is 0 Å². The van der Waals surface area contributed by atoms with Crippen LogP contribution in [0.5, 0.6) is 0 Å². The number of hydroxylamine groups is 2. The molecular weight excluding hydrogens is 476 g/mol. The first kappa shape index (κ1) is 23.6. The van der Waals surface area contributed by atoms with Crippen molar-refractivity contribution in [1.29, 1.82) is 0 Å². The lowest BCUT2D eigenvalue weighted by Crippen LogP contribution is -2.67. The van der Waals surface area contributed by atoms with E-state index in [1.54, 1.807) is 0 Å². The largest absolute Gasteiger partial charge is 0.493 e. The van der Waals surface area contributed by atoms with Crippen LogP contribution < -0.4 is 10.2 Å². The van der Waals surface area contributed by atoms with Crippen LogP contribution in [0.1, 0.15) is 25.8 Å². The fourth-order valence-electron chi connectivity index (χ4n) is 4.51. The molecule has 0 bridgehead atoms. The quantitative estimate of drug-likeness (QED) is 0.511. The lowest BCUT2D eigenvalue weighted by atomic mass is 9.67. The molecule has 1 spiro atoms. The fourth-order valence-corrected chi connectivity index (χ4v) is 4.51. The van der Waals surface area contributed by atoms with Crippen molar-refractivity contribution in [1.82, 2.24) is 19.8 Å². The average Bonchev–Trinajstić information content (AvgIpc) is 3.26. The highest BCUT2D eigenvalue weighted by molar-refractivity contribution is 6.07. The number of piperidine rings is 1. The van der Waals surface area contributed by atoms with Crippen molar-refractivity contribution < 1.29 is 45.6 Å². The highest BCUT2D eigenvalue weighted by atomic mass is 19.4. The van der Waals surface area contributed by atoms with Crippen LogP contribution >= 0.6 is 0 Å². The Balaban J connectivity index is 1.73. The van der Waals surface area contributed by atoms with Gasteiger partial charge in [-0.25, -0.2) is 14.6 Å². The molecule has 184 valence electrons. The molecule has 1 unspecified atom stereocenters. The Morgan fingerprint density at radius 1 is 1.15 bits per heavy atom. The molecule has 2 aromatic heterocycles. The number of urea groups is 1. The van der Waals surface area contributed by atoms with E-state index in [1.807, 2.05) is 5.32 Å². The second-order valence-electron chi connectivity index (χ2n) is 8.63. The summed E-state index contributed by atoms with van der Waals surface area (Å²) < 4.78 is 80.1. The number of amides is 3. The number of alkyl halides is 6. The maximum absolute atomic E-state index is 13.4. The molecule has 9 nitrogen and oxygen atoms in total. The van der Waals surface area contributed by atoms with E-state index in [1.165, 1.54) is 35.7 Å². The van der Waals surface area contributed by atoms with Crippen LogP contribution in [0.2, 0.25) is 0 Å². The molecule has 4 rings (SSSR count). The van der Waals surface area contributed by atoms with Gasteiger partial charge in [-0.2, -0.15) is 26.3 Å². The number of aromatic nitrogens is 2. The molecule has 0 aromatic carbocycles. The van der Waals surface area contributed by atoms with Gasteiger partial charge < -0.3 is 9.74 Å². The third kappa shape index (κ3) is 3.49. The molecule has 0 saturated carbocycles. The van der Waals surface area contributed by atoms with Gasteiger partial charge in [-0.1, -0.05) is 13.8 Å². The predicted molar refractivity (Wildman–Crippen MR) is 101 cm³/mol. The number of imidazole rings is 1. The summed E-state index contributed by atoms with van der Waals surface area (Å²) in [5, 5.41) is 1.97. The smallest absolute Gasteiger partial charge is 0.357 e. The Morgan fingerprint density at radius 2 is 1.82 bits per heavy atom. The Bertz CT molecular complexity index is 1190. The van der Waals surface area contributed by atoms with Gasteiger partial charge in [-0.15, -0.1) is 5.06 Å². The number of fused-ring (bicyclic) bond motifs is 1. The summed E-state index contributed by atoms with van der Waals surface area (Å²) in [5.41, 5.74) is -4.19. The zero-order valence-corrected chi connectivity index (χ0v) is 17.6. The van der Waals surface area contributed by atoms with Crippen molar-refractivity contribution in [2.45, 2.75) is 38.2 Å². The molecule has 0 aliphatic carbocycles. The summed E-state index contributed by atoms with van der Waals surface area (Å²) in [4.78, 5) is 46.1. The van der Waals surface area contributed by atoms with Crippen molar-refractivity contribution in [3.05, 3.63) is 30.2 Å². The molecule has 4 heterocycles. The van der Waals surface area contributed by atoms with Gasteiger partial charge in [-0.05, 0) is 12.1 Å². The summed E-state index contributed by atoms with van der Waals surface area (Å²) in [6.45, 7) is 2.54. The Kier molecular flexibility index (Phi) is 5.03. The summed E-state index contributed by atoms with van der Waals surface area (Å²) in [6.07, 6.45) is -7.89. The minimum absolute atomic E-state index is 0.0776. The first-order valence-electron chi connectivity index (χ1n) is 9.81. The number of carbonyl (C=O) groups excluding carboxylic acids is 3. The van der Waals surface area contributed by atoms with Crippen LogP contribution in [0.4, 0.5) is 37.0 Å². The first-order valence-corrected chi connectivity index (χ1v) is 9.81. The molecule has 15 heteroatoms. The highest BCUT2D eigenvalue weighted by Gasteiger charge is 2.66. The molecule has 2 aliphatic heterocycles.